The molecule has 3 heterocycles. The molecule has 1 aromatic carbocycles. The number of hydrogen-bond acceptors (Lipinski definition) is 4. The molecular formula is C23H26N4O. The molecule has 28 heavy (non-hydrogen) atoms. The van der Waals surface area contributed by atoms with Gasteiger partial charge in [-0.2, -0.15) is 0 Å². The Balaban J connectivity index is 1.49. The van der Waals surface area contributed by atoms with E-state index >= 15 is 0 Å². The first-order valence-corrected chi connectivity index (χ1v) is 9.75. The number of benzene rings is 1. The van der Waals surface area contributed by atoms with Crippen LogP contribution in [0.2, 0.25) is 0 Å². The van der Waals surface area contributed by atoms with E-state index < -0.39 is 0 Å². The maximum atomic E-state index is 12.6. The first kappa shape index (κ1) is 18.6. The smallest absolute Gasteiger partial charge is 0.255 e. The Morgan fingerprint density at radius 2 is 1.89 bits per heavy atom. The van der Waals surface area contributed by atoms with Crippen LogP contribution < -0.4 is 5.56 Å². The zero-order chi connectivity index (χ0) is 19.7. The van der Waals surface area contributed by atoms with E-state index in [-0.39, 0.29) is 11.0 Å². The van der Waals surface area contributed by atoms with E-state index in [0.717, 1.165) is 53.4 Å². The lowest BCUT2D eigenvalue weighted by atomic mass is 9.95. The lowest BCUT2D eigenvalue weighted by molar-refractivity contribution is 0.240. The van der Waals surface area contributed by atoms with E-state index in [2.05, 4.69) is 59.9 Å². The van der Waals surface area contributed by atoms with Gasteiger partial charge in [-0.25, -0.2) is 4.98 Å². The minimum Gasteiger partial charge on any atom is -0.310 e. The fourth-order valence-electron chi connectivity index (χ4n) is 3.53. The Labute approximate surface area is 165 Å². The lowest BCUT2D eigenvalue weighted by Crippen LogP contribution is -2.37. The average molecular weight is 374 g/mol. The summed E-state index contributed by atoms with van der Waals surface area (Å²) in [5.41, 5.74) is 4.83. The Morgan fingerprint density at radius 1 is 1.11 bits per heavy atom. The van der Waals surface area contributed by atoms with Crippen LogP contribution in [0.5, 0.6) is 0 Å². The largest absolute Gasteiger partial charge is 0.310 e. The molecular weight excluding hydrogens is 348 g/mol. The molecule has 0 unspecified atom stereocenters. The molecule has 0 spiro atoms. The molecule has 0 atom stereocenters. The van der Waals surface area contributed by atoms with Crippen molar-refractivity contribution in [2.24, 2.45) is 0 Å². The number of aromatic nitrogens is 3. The summed E-state index contributed by atoms with van der Waals surface area (Å²) in [6.07, 6.45) is 2.74. The minimum absolute atomic E-state index is 0.00262. The summed E-state index contributed by atoms with van der Waals surface area (Å²) in [6, 6.07) is 14.4. The average Bonchev–Trinajstić information content (AvgIpc) is 2.69. The molecule has 0 saturated heterocycles. The summed E-state index contributed by atoms with van der Waals surface area (Å²) in [6.45, 7) is 8.51. The normalized spacial score (nSPS) is 14.7. The Bertz CT molecular complexity index is 1020. The highest BCUT2D eigenvalue weighted by Crippen LogP contribution is 2.22. The van der Waals surface area contributed by atoms with Gasteiger partial charge in [0.25, 0.3) is 5.56 Å². The van der Waals surface area contributed by atoms with E-state index in [4.69, 9.17) is 4.98 Å². The van der Waals surface area contributed by atoms with Gasteiger partial charge in [0.05, 0.1) is 17.0 Å². The third-order valence-electron chi connectivity index (χ3n) is 5.16. The van der Waals surface area contributed by atoms with Gasteiger partial charge < -0.3 is 4.98 Å². The van der Waals surface area contributed by atoms with E-state index in [0.29, 0.717) is 6.54 Å². The number of rotatable bonds is 3. The van der Waals surface area contributed by atoms with Crippen molar-refractivity contribution >= 4 is 0 Å². The molecule has 4 rings (SSSR count). The van der Waals surface area contributed by atoms with Crippen LogP contribution in [0.1, 0.15) is 43.4 Å². The Hall–Kier alpha value is -2.79. The van der Waals surface area contributed by atoms with Crippen molar-refractivity contribution in [1.82, 2.24) is 19.9 Å². The van der Waals surface area contributed by atoms with Crippen LogP contribution in [0.4, 0.5) is 0 Å². The van der Waals surface area contributed by atoms with Crippen LogP contribution in [0.15, 0.2) is 53.5 Å². The zero-order valence-electron chi connectivity index (χ0n) is 16.7. The topological polar surface area (TPSA) is 61.9 Å². The van der Waals surface area contributed by atoms with Crippen molar-refractivity contribution in [1.29, 1.82) is 0 Å². The molecule has 1 aliphatic rings. The second-order valence-corrected chi connectivity index (χ2v) is 8.47. The summed E-state index contributed by atoms with van der Waals surface area (Å²) in [5, 5.41) is 0. The van der Waals surface area contributed by atoms with Crippen LogP contribution >= 0.6 is 0 Å². The van der Waals surface area contributed by atoms with Crippen molar-refractivity contribution in [3.63, 3.8) is 0 Å². The number of fused-ring (bicyclic) bond motifs is 1. The van der Waals surface area contributed by atoms with Gasteiger partial charge in [0.2, 0.25) is 0 Å². The number of pyridine rings is 1. The van der Waals surface area contributed by atoms with Crippen molar-refractivity contribution in [3.05, 3.63) is 81.7 Å². The second kappa shape index (κ2) is 7.32. The van der Waals surface area contributed by atoms with Gasteiger partial charge >= 0.3 is 0 Å². The van der Waals surface area contributed by atoms with Gasteiger partial charge in [-0.1, -0.05) is 57.2 Å². The fraction of sp³-hybridized carbons (Fsp3) is 0.348. The minimum atomic E-state index is -0.155. The molecule has 5 heteroatoms. The molecule has 0 fully saturated rings. The molecule has 5 nitrogen and oxygen atoms in total. The summed E-state index contributed by atoms with van der Waals surface area (Å²) in [4.78, 5) is 27.2. The third kappa shape index (κ3) is 3.90. The van der Waals surface area contributed by atoms with Crippen molar-refractivity contribution in [2.75, 3.05) is 6.54 Å². The highest BCUT2D eigenvalue weighted by atomic mass is 16.1. The van der Waals surface area contributed by atoms with Crippen LogP contribution in [-0.2, 0) is 24.9 Å². The van der Waals surface area contributed by atoms with Gasteiger partial charge in [-0.05, 0) is 11.6 Å². The molecule has 1 N–H and O–H groups in total. The number of hydrogen-bond donors (Lipinski definition) is 1. The third-order valence-corrected chi connectivity index (χ3v) is 5.16. The molecule has 0 saturated carbocycles. The van der Waals surface area contributed by atoms with Gasteiger partial charge in [-0.15, -0.1) is 0 Å². The van der Waals surface area contributed by atoms with E-state index in [9.17, 15) is 4.79 Å². The highest BCUT2D eigenvalue weighted by Gasteiger charge is 2.24. The molecule has 0 aliphatic carbocycles. The second-order valence-electron chi connectivity index (χ2n) is 8.47. The molecule has 0 radical (unpaired) electrons. The first-order valence-electron chi connectivity index (χ1n) is 9.75. The predicted molar refractivity (Wildman–Crippen MR) is 111 cm³/mol. The molecule has 144 valence electrons. The number of nitrogens with zero attached hydrogens (tertiary/aromatic N) is 3. The van der Waals surface area contributed by atoms with Crippen LogP contribution in [0.3, 0.4) is 0 Å². The van der Waals surface area contributed by atoms with Crippen LogP contribution in [-0.4, -0.2) is 26.4 Å². The standard InChI is InChI=1S/C23H26N4O/c1-23(2,3)22-25-20-11-12-27(15-18(20)21(28)26-22)14-16-9-10-19(24-13-16)17-7-5-4-6-8-17/h4-10,13H,11-12,14-15H2,1-3H3,(H,25,26,28). The van der Waals surface area contributed by atoms with Gasteiger partial charge in [0, 0.05) is 43.2 Å². The predicted octanol–water partition coefficient (Wildman–Crippen LogP) is 3.69. The zero-order valence-corrected chi connectivity index (χ0v) is 16.7. The fourth-order valence-corrected chi connectivity index (χ4v) is 3.53. The van der Waals surface area contributed by atoms with E-state index in [1.165, 1.54) is 0 Å². The number of aromatic amines is 1. The van der Waals surface area contributed by atoms with Crippen LogP contribution in [0.25, 0.3) is 11.3 Å². The van der Waals surface area contributed by atoms with Gasteiger partial charge in [0.15, 0.2) is 0 Å². The Morgan fingerprint density at radius 3 is 2.57 bits per heavy atom. The monoisotopic (exact) mass is 374 g/mol. The summed E-state index contributed by atoms with van der Waals surface area (Å²) in [5.74, 6) is 0.769. The molecule has 2 aromatic heterocycles. The van der Waals surface area contributed by atoms with Crippen molar-refractivity contribution in [3.8, 4) is 11.3 Å². The molecule has 0 amide bonds. The highest BCUT2D eigenvalue weighted by molar-refractivity contribution is 5.58. The quantitative estimate of drug-likeness (QED) is 0.760. The first-order chi connectivity index (χ1) is 13.4. The summed E-state index contributed by atoms with van der Waals surface area (Å²) < 4.78 is 0. The maximum absolute atomic E-state index is 12.6. The summed E-state index contributed by atoms with van der Waals surface area (Å²) >= 11 is 0. The number of H-pyrrole nitrogens is 1. The lowest BCUT2D eigenvalue weighted by Gasteiger charge is -2.28. The molecule has 0 bridgehead atoms. The molecule has 3 aromatic rings. The van der Waals surface area contributed by atoms with Crippen molar-refractivity contribution < 1.29 is 0 Å². The Kier molecular flexibility index (Phi) is 4.85. The maximum Gasteiger partial charge on any atom is 0.255 e. The van der Waals surface area contributed by atoms with E-state index in [1.54, 1.807) is 0 Å². The van der Waals surface area contributed by atoms with Crippen LogP contribution in [0, 0.1) is 0 Å². The van der Waals surface area contributed by atoms with Gasteiger partial charge in [-0.3, -0.25) is 14.7 Å². The van der Waals surface area contributed by atoms with Gasteiger partial charge in [0.1, 0.15) is 5.82 Å². The summed E-state index contributed by atoms with van der Waals surface area (Å²) in [7, 11) is 0. The van der Waals surface area contributed by atoms with E-state index in [1.807, 2.05) is 24.4 Å². The number of nitrogens with one attached hydrogen (secondary N) is 1. The SMILES string of the molecule is CC(C)(C)c1nc2c(c(=O)[nH]1)CN(Cc1ccc(-c3ccccc3)nc1)CC2. The van der Waals surface area contributed by atoms with Crippen molar-refractivity contribution in [2.45, 2.75) is 45.7 Å². The molecule has 1 aliphatic heterocycles.